The maximum absolute atomic E-state index is 13.9. The first-order chi connectivity index (χ1) is 12.5. The van der Waals surface area contributed by atoms with Crippen LogP contribution in [-0.2, 0) is 11.3 Å². The Kier molecular flexibility index (Phi) is 6.68. The van der Waals surface area contributed by atoms with Crippen LogP contribution in [0, 0.1) is 5.82 Å². The van der Waals surface area contributed by atoms with E-state index in [4.69, 9.17) is 4.74 Å². The maximum Gasteiger partial charge on any atom is 0.321 e. The number of likely N-dealkylation sites (N-methyl/N-ethyl adjacent to an activating group) is 1. The molecule has 138 valence electrons. The average Bonchev–Trinajstić information content (AvgIpc) is 2.62. The van der Waals surface area contributed by atoms with Crippen LogP contribution in [0.4, 0.5) is 9.18 Å². The average molecular weight is 359 g/mol. The van der Waals surface area contributed by atoms with E-state index in [1.165, 1.54) is 20.2 Å². The van der Waals surface area contributed by atoms with Crippen molar-refractivity contribution < 1.29 is 18.7 Å². The molecule has 3 amide bonds. The van der Waals surface area contributed by atoms with Crippen molar-refractivity contribution in [3.8, 4) is 5.75 Å². The number of hydrogen-bond donors (Lipinski definition) is 2. The van der Waals surface area contributed by atoms with Gasteiger partial charge >= 0.3 is 6.03 Å². The van der Waals surface area contributed by atoms with Crippen LogP contribution in [0.2, 0.25) is 0 Å². The third-order valence-corrected chi connectivity index (χ3v) is 3.92. The van der Waals surface area contributed by atoms with Crippen molar-refractivity contribution in [3.05, 3.63) is 65.5 Å². The summed E-state index contributed by atoms with van der Waals surface area (Å²) in [5.41, 5.74) is 1.41. The molecule has 0 saturated heterocycles. The highest BCUT2D eigenvalue weighted by Crippen LogP contribution is 2.24. The second-order valence-corrected chi connectivity index (χ2v) is 5.77. The van der Waals surface area contributed by atoms with Gasteiger partial charge in [0.15, 0.2) is 11.6 Å². The van der Waals surface area contributed by atoms with Gasteiger partial charge in [-0.2, -0.15) is 0 Å². The number of nitrogens with zero attached hydrogens (tertiary/aromatic N) is 1. The van der Waals surface area contributed by atoms with Crippen molar-refractivity contribution in [2.24, 2.45) is 0 Å². The molecule has 6 nitrogen and oxygen atoms in total. The molecule has 0 bridgehead atoms. The number of amides is 3. The highest BCUT2D eigenvalue weighted by molar-refractivity contribution is 5.97. The van der Waals surface area contributed by atoms with E-state index in [2.05, 4.69) is 10.6 Å². The number of ether oxygens (including phenoxy) is 1. The molecule has 0 aliphatic heterocycles. The van der Waals surface area contributed by atoms with Crippen LogP contribution in [0.3, 0.4) is 0 Å². The molecule has 0 spiro atoms. The maximum atomic E-state index is 13.9. The van der Waals surface area contributed by atoms with E-state index in [9.17, 15) is 14.0 Å². The van der Waals surface area contributed by atoms with Gasteiger partial charge in [0, 0.05) is 13.6 Å². The summed E-state index contributed by atoms with van der Waals surface area (Å²) in [4.78, 5) is 25.9. The number of carbonyl (C=O) groups is 2. The molecule has 7 heteroatoms. The predicted molar refractivity (Wildman–Crippen MR) is 96.2 cm³/mol. The Morgan fingerprint density at radius 3 is 2.46 bits per heavy atom. The van der Waals surface area contributed by atoms with E-state index in [0.717, 1.165) is 5.56 Å². The Labute approximate surface area is 152 Å². The predicted octanol–water partition coefficient (Wildman–Crippen LogP) is 2.46. The van der Waals surface area contributed by atoms with Crippen LogP contribution in [-0.4, -0.2) is 38.0 Å². The fraction of sp³-hybridized carbons (Fsp3) is 0.263. The molecule has 0 aromatic heterocycles. The number of methoxy groups -OCH3 is 1. The summed E-state index contributed by atoms with van der Waals surface area (Å²) in [6, 6.07) is 12.4. The Hall–Kier alpha value is -2.93. The van der Waals surface area contributed by atoms with Gasteiger partial charge in [-0.15, -0.1) is 0 Å². The number of benzene rings is 2. The summed E-state index contributed by atoms with van der Waals surface area (Å²) in [5, 5.41) is 4.66. The fourth-order valence-electron chi connectivity index (χ4n) is 2.67. The van der Waals surface area contributed by atoms with E-state index in [-0.39, 0.29) is 5.75 Å². The van der Waals surface area contributed by atoms with Gasteiger partial charge in [0.05, 0.1) is 7.11 Å². The van der Waals surface area contributed by atoms with Crippen molar-refractivity contribution in [2.75, 3.05) is 21.2 Å². The number of carbonyl (C=O) groups excluding carboxylic acids is 2. The number of nitrogens with one attached hydrogen (secondary N) is 2. The van der Waals surface area contributed by atoms with E-state index in [1.807, 2.05) is 18.2 Å². The van der Waals surface area contributed by atoms with Crippen molar-refractivity contribution in [3.63, 3.8) is 0 Å². The molecule has 0 fully saturated rings. The molecule has 0 saturated carbocycles. The second kappa shape index (κ2) is 8.96. The number of imide groups is 1. The molecule has 2 aromatic rings. The largest absolute Gasteiger partial charge is 0.494 e. The van der Waals surface area contributed by atoms with Crippen molar-refractivity contribution in [1.29, 1.82) is 0 Å². The zero-order chi connectivity index (χ0) is 19.1. The number of rotatable bonds is 6. The number of hydrogen-bond acceptors (Lipinski definition) is 4. The minimum atomic E-state index is -0.710. The van der Waals surface area contributed by atoms with Gasteiger partial charge in [0.25, 0.3) is 0 Å². The Bertz CT molecular complexity index is 768. The summed E-state index contributed by atoms with van der Waals surface area (Å²) < 4.78 is 18.8. The van der Waals surface area contributed by atoms with Crippen LogP contribution in [0.25, 0.3) is 0 Å². The number of urea groups is 1. The highest BCUT2D eigenvalue weighted by atomic mass is 19.1. The fourth-order valence-corrected chi connectivity index (χ4v) is 2.67. The van der Waals surface area contributed by atoms with E-state index in [0.29, 0.717) is 12.1 Å². The minimum Gasteiger partial charge on any atom is -0.494 e. The van der Waals surface area contributed by atoms with Crippen LogP contribution in [0.5, 0.6) is 5.75 Å². The van der Waals surface area contributed by atoms with E-state index < -0.39 is 23.8 Å². The van der Waals surface area contributed by atoms with Gasteiger partial charge in [-0.1, -0.05) is 36.4 Å². The molecule has 2 aromatic carbocycles. The topological polar surface area (TPSA) is 70.7 Å². The third kappa shape index (κ3) is 4.80. The lowest BCUT2D eigenvalue weighted by molar-refractivity contribution is -0.125. The zero-order valence-electron chi connectivity index (χ0n) is 15.0. The lowest BCUT2D eigenvalue weighted by Gasteiger charge is -2.27. The first-order valence-corrected chi connectivity index (χ1v) is 8.06. The summed E-state index contributed by atoms with van der Waals surface area (Å²) in [5.74, 6) is -0.773. The van der Waals surface area contributed by atoms with Gasteiger partial charge in [0.1, 0.15) is 6.04 Å². The molecular weight excluding hydrogens is 337 g/mol. The van der Waals surface area contributed by atoms with Crippen LogP contribution >= 0.6 is 0 Å². The van der Waals surface area contributed by atoms with E-state index in [1.54, 1.807) is 36.2 Å². The first-order valence-electron chi connectivity index (χ1n) is 8.06. The van der Waals surface area contributed by atoms with Gasteiger partial charge in [-0.25, -0.2) is 9.18 Å². The van der Waals surface area contributed by atoms with Crippen LogP contribution < -0.4 is 15.4 Å². The summed E-state index contributed by atoms with van der Waals surface area (Å²) >= 11 is 0. The zero-order valence-corrected chi connectivity index (χ0v) is 15.0. The summed E-state index contributed by atoms with van der Waals surface area (Å²) in [7, 11) is 4.58. The van der Waals surface area contributed by atoms with E-state index >= 15 is 0 Å². The van der Waals surface area contributed by atoms with Crippen molar-refractivity contribution in [2.45, 2.75) is 12.6 Å². The molecule has 0 heterocycles. The summed E-state index contributed by atoms with van der Waals surface area (Å²) in [6.45, 7) is 0.307. The Balaban J connectivity index is 2.25. The minimum absolute atomic E-state index is 0.161. The number of halogens is 1. The van der Waals surface area contributed by atoms with Crippen LogP contribution in [0.15, 0.2) is 48.5 Å². The molecule has 26 heavy (non-hydrogen) atoms. The standard InChI is InChI=1S/C19H22FN3O3/c1-21-19(25)22-18(24)17(14-7-5-4-6-8-14)23(2)12-13-9-10-16(26-3)15(20)11-13/h4-11,17H,12H2,1-3H3,(H2,21,22,24,25)/t17-/m0/s1. The normalized spacial score (nSPS) is 11.7. The lowest BCUT2D eigenvalue weighted by Crippen LogP contribution is -2.44. The first kappa shape index (κ1) is 19.4. The van der Waals surface area contributed by atoms with Crippen LogP contribution in [0.1, 0.15) is 17.2 Å². The van der Waals surface area contributed by atoms with Crippen molar-refractivity contribution in [1.82, 2.24) is 15.5 Å². The van der Waals surface area contributed by atoms with Gasteiger partial charge in [-0.05, 0) is 30.3 Å². The van der Waals surface area contributed by atoms with Gasteiger partial charge in [0.2, 0.25) is 5.91 Å². The molecular formula is C19H22FN3O3. The smallest absolute Gasteiger partial charge is 0.321 e. The lowest BCUT2D eigenvalue weighted by atomic mass is 10.0. The second-order valence-electron chi connectivity index (χ2n) is 5.77. The molecule has 0 radical (unpaired) electrons. The quantitative estimate of drug-likeness (QED) is 0.831. The monoisotopic (exact) mass is 359 g/mol. The molecule has 1 atom stereocenters. The molecule has 2 N–H and O–H groups in total. The Morgan fingerprint density at radius 1 is 1.19 bits per heavy atom. The summed E-state index contributed by atoms with van der Waals surface area (Å²) in [6.07, 6.45) is 0. The van der Waals surface area contributed by atoms with Gasteiger partial charge in [-0.3, -0.25) is 15.0 Å². The van der Waals surface area contributed by atoms with Crippen molar-refractivity contribution >= 4 is 11.9 Å². The van der Waals surface area contributed by atoms with Gasteiger partial charge < -0.3 is 10.1 Å². The molecule has 0 aliphatic carbocycles. The Morgan fingerprint density at radius 2 is 1.88 bits per heavy atom. The highest BCUT2D eigenvalue weighted by Gasteiger charge is 2.26. The SMILES string of the molecule is CNC(=O)NC(=O)[C@H](c1ccccc1)N(C)Cc1ccc(OC)c(F)c1. The molecule has 2 rings (SSSR count). The third-order valence-electron chi connectivity index (χ3n) is 3.92. The molecule has 0 unspecified atom stereocenters. The molecule has 0 aliphatic rings.